The highest BCUT2D eigenvalue weighted by atomic mass is 16.6. The lowest BCUT2D eigenvalue weighted by Crippen LogP contribution is -2.28. The van der Waals surface area contributed by atoms with E-state index in [-0.39, 0.29) is 13.2 Å². The Balaban J connectivity index is 4.35. The largest absolute Gasteiger partial charge is 0.791 e. The minimum absolute atomic E-state index is 0.0667. The van der Waals surface area contributed by atoms with Gasteiger partial charge in [-0.2, -0.15) is 0 Å². The Morgan fingerprint density at radius 3 is 1.77 bits per heavy atom. The first-order valence-electron chi connectivity index (χ1n) is 3.71. The fraction of sp³-hybridized carbons (Fsp3) is 0.571. The zero-order chi connectivity index (χ0) is 10.3. The van der Waals surface area contributed by atoms with Gasteiger partial charge in [-0.15, -0.1) is 0 Å². The first-order valence-corrected chi connectivity index (χ1v) is 3.71. The number of ether oxygens (including phenoxy) is 2. The monoisotopic (exact) mass is 188 g/mol. The van der Waals surface area contributed by atoms with Crippen molar-refractivity contribution in [3.8, 4) is 0 Å². The first-order chi connectivity index (χ1) is 6.17. The van der Waals surface area contributed by atoms with Gasteiger partial charge < -0.3 is 19.8 Å². The fourth-order valence-corrected chi connectivity index (χ4v) is 0.557. The molecule has 0 amide bonds. The summed E-state index contributed by atoms with van der Waals surface area (Å²) in [5.41, 5.74) is -0.858. The molecule has 0 aliphatic rings. The fourth-order valence-electron chi connectivity index (χ4n) is 0.557. The summed E-state index contributed by atoms with van der Waals surface area (Å²) in [6, 6.07) is 0. The molecule has 0 fully saturated rings. The maximum absolute atomic E-state index is 10.8. The number of carbonyl (C=O) groups is 2. The van der Waals surface area contributed by atoms with Crippen LogP contribution in [-0.4, -0.2) is 30.9 Å². The van der Waals surface area contributed by atoms with E-state index in [0.717, 1.165) is 0 Å². The summed E-state index contributed by atoms with van der Waals surface area (Å²) in [6.45, 7) is 3.23. The summed E-state index contributed by atoms with van der Waals surface area (Å²) in [7, 11) is 0. The van der Waals surface area contributed by atoms with Crippen molar-refractivity contribution in [2.45, 2.75) is 13.8 Å². The minimum Gasteiger partial charge on any atom is -0.791 e. The van der Waals surface area contributed by atoms with Crippen LogP contribution in [-0.2, 0) is 19.1 Å². The molecule has 0 spiro atoms. The van der Waals surface area contributed by atoms with Gasteiger partial charge in [0, 0.05) is 0 Å². The Hall–Kier alpha value is -1.59. The molecule has 0 aromatic rings. The van der Waals surface area contributed by atoms with Crippen LogP contribution >= 0.6 is 0 Å². The van der Waals surface area contributed by atoms with Crippen LogP contribution in [0.2, 0.25) is 0 Å². The van der Waals surface area contributed by atoms with Gasteiger partial charge in [-0.3, -0.25) is 0 Å². The SMILES string of the molecule is CCOC(=O)C(=N[O-])C(=O)OCC. The lowest BCUT2D eigenvalue weighted by molar-refractivity contribution is -0.140. The molecule has 0 saturated heterocycles. The Morgan fingerprint density at radius 1 is 1.15 bits per heavy atom. The van der Waals surface area contributed by atoms with Crippen LogP contribution in [0, 0.1) is 5.21 Å². The topological polar surface area (TPSA) is 88.0 Å². The summed E-state index contributed by atoms with van der Waals surface area (Å²) >= 11 is 0. The molecule has 13 heavy (non-hydrogen) atoms. The highest BCUT2D eigenvalue weighted by molar-refractivity contribution is 6.62. The first kappa shape index (κ1) is 11.4. The third-order valence-corrected chi connectivity index (χ3v) is 1.03. The Labute approximate surface area is 75.1 Å². The van der Waals surface area contributed by atoms with Crippen LogP contribution < -0.4 is 0 Å². The van der Waals surface area contributed by atoms with Gasteiger partial charge in [-0.1, -0.05) is 0 Å². The molecule has 0 unspecified atom stereocenters. The lowest BCUT2D eigenvalue weighted by Gasteiger charge is -2.06. The normalized spacial score (nSPS) is 8.77. The molecular formula is C7H10NO5-. The predicted octanol–water partition coefficient (Wildman–Crippen LogP) is 0.0514. The molecule has 0 rings (SSSR count). The van der Waals surface area contributed by atoms with Crippen molar-refractivity contribution in [1.82, 2.24) is 0 Å². The number of rotatable bonds is 4. The molecule has 0 atom stereocenters. The van der Waals surface area contributed by atoms with Crippen LogP contribution in [0.1, 0.15) is 13.8 Å². The summed E-state index contributed by atoms with van der Waals surface area (Å²) in [4.78, 5) is 21.7. The number of hydrogen-bond donors (Lipinski definition) is 0. The van der Waals surface area contributed by atoms with Crippen LogP contribution in [0.5, 0.6) is 0 Å². The minimum atomic E-state index is -1.06. The maximum Gasteiger partial charge on any atom is 0.363 e. The average molecular weight is 188 g/mol. The van der Waals surface area contributed by atoms with E-state index in [4.69, 9.17) is 0 Å². The molecule has 0 heterocycles. The zero-order valence-electron chi connectivity index (χ0n) is 7.40. The van der Waals surface area contributed by atoms with Gasteiger partial charge in [-0.05, 0) is 13.8 Å². The standard InChI is InChI=1S/C7H11NO5/c1-3-12-6(9)5(8-11)7(10)13-4-2/h11H,3-4H2,1-2H3/p-1. The van der Waals surface area contributed by atoms with Gasteiger partial charge in [0.1, 0.15) is 0 Å². The Kier molecular flexibility index (Phi) is 5.25. The van der Waals surface area contributed by atoms with Gasteiger partial charge in [0.05, 0.1) is 13.2 Å². The van der Waals surface area contributed by atoms with Crippen LogP contribution in [0.3, 0.4) is 0 Å². The number of hydrogen-bond acceptors (Lipinski definition) is 6. The molecule has 0 bridgehead atoms. The van der Waals surface area contributed by atoms with Crippen molar-refractivity contribution >= 4 is 17.7 Å². The number of nitrogens with zero attached hydrogens (tertiary/aromatic N) is 1. The van der Waals surface area contributed by atoms with Gasteiger partial charge in [-0.25, -0.2) is 9.59 Å². The third-order valence-electron chi connectivity index (χ3n) is 1.03. The molecule has 6 heteroatoms. The second-order valence-electron chi connectivity index (χ2n) is 1.88. The van der Waals surface area contributed by atoms with Crippen molar-refractivity contribution < 1.29 is 19.1 Å². The van der Waals surface area contributed by atoms with Gasteiger partial charge >= 0.3 is 11.9 Å². The van der Waals surface area contributed by atoms with Crippen LogP contribution in [0.15, 0.2) is 5.16 Å². The summed E-state index contributed by atoms with van der Waals surface area (Å²) < 4.78 is 8.78. The smallest absolute Gasteiger partial charge is 0.363 e. The van der Waals surface area contributed by atoms with E-state index in [9.17, 15) is 14.8 Å². The van der Waals surface area contributed by atoms with E-state index in [0.29, 0.717) is 0 Å². The summed E-state index contributed by atoms with van der Waals surface area (Å²) in [5.74, 6) is -2.12. The quantitative estimate of drug-likeness (QED) is 0.269. The van der Waals surface area contributed by atoms with Crippen LogP contribution in [0.4, 0.5) is 0 Å². The lowest BCUT2D eigenvalue weighted by atomic mass is 10.4. The van der Waals surface area contributed by atoms with E-state index < -0.39 is 17.7 Å². The van der Waals surface area contributed by atoms with Crippen molar-refractivity contribution in [3.63, 3.8) is 0 Å². The summed E-state index contributed by atoms with van der Waals surface area (Å²) in [6.07, 6.45) is 0. The molecule has 0 saturated carbocycles. The zero-order valence-corrected chi connectivity index (χ0v) is 7.40. The third kappa shape index (κ3) is 3.55. The number of esters is 2. The van der Waals surface area contributed by atoms with E-state index in [1.54, 1.807) is 13.8 Å². The maximum atomic E-state index is 10.8. The highest BCUT2D eigenvalue weighted by Gasteiger charge is 2.20. The van der Waals surface area contributed by atoms with Crippen molar-refractivity contribution in [2.24, 2.45) is 5.16 Å². The van der Waals surface area contributed by atoms with Crippen molar-refractivity contribution in [1.29, 1.82) is 0 Å². The Bertz CT molecular complexity index is 203. The van der Waals surface area contributed by atoms with E-state index >= 15 is 0 Å². The van der Waals surface area contributed by atoms with Crippen LogP contribution in [0.25, 0.3) is 0 Å². The molecule has 0 radical (unpaired) electrons. The molecule has 0 aliphatic carbocycles. The average Bonchev–Trinajstić information content (AvgIpc) is 2.06. The van der Waals surface area contributed by atoms with E-state index in [1.807, 2.05) is 0 Å². The molecular weight excluding hydrogens is 178 g/mol. The van der Waals surface area contributed by atoms with Gasteiger partial charge in [0.2, 0.25) is 5.71 Å². The van der Waals surface area contributed by atoms with Gasteiger partial charge in [0.15, 0.2) is 0 Å². The second-order valence-corrected chi connectivity index (χ2v) is 1.88. The van der Waals surface area contributed by atoms with E-state index in [2.05, 4.69) is 14.6 Å². The highest BCUT2D eigenvalue weighted by Crippen LogP contribution is 1.90. The molecule has 0 aliphatic heterocycles. The molecule has 0 N–H and O–H groups in total. The molecule has 6 nitrogen and oxygen atoms in total. The predicted molar refractivity (Wildman–Crippen MR) is 44.1 cm³/mol. The molecule has 0 aromatic heterocycles. The second kappa shape index (κ2) is 5.99. The van der Waals surface area contributed by atoms with Gasteiger partial charge in [0.25, 0.3) is 0 Å². The van der Waals surface area contributed by atoms with E-state index in [1.165, 1.54) is 0 Å². The molecule has 0 aromatic carbocycles. The van der Waals surface area contributed by atoms with Crippen molar-refractivity contribution in [2.75, 3.05) is 13.2 Å². The van der Waals surface area contributed by atoms with Crippen molar-refractivity contribution in [3.05, 3.63) is 5.21 Å². The molecule has 74 valence electrons. The Morgan fingerprint density at radius 2 is 1.54 bits per heavy atom. The summed E-state index contributed by atoms with van der Waals surface area (Å²) in [5, 5.41) is 12.3. The number of carbonyl (C=O) groups excluding carboxylic acids is 2.